The molecule has 0 aromatic carbocycles. The van der Waals surface area contributed by atoms with Crippen molar-refractivity contribution in [1.29, 1.82) is 0 Å². The van der Waals surface area contributed by atoms with Crippen LogP contribution in [0.25, 0.3) is 0 Å². The van der Waals surface area contributed by atoms with Gasteiger partial charge in [-0.05, 0) is 41.0 Å². The van der Waals surface area contributed by atoms with Gasteiger partial charge in [0.2, 0.25) is 5.91 Å². The van der Waals surface area contributed by atoms with Crippen molar-refractivity contribution in [3.8, 4) is 0 Å². The number of nitrogens with zero attached hydrogens (tertiary/aromatic N) is 2. The second-order valence-corrected chi connectivity index (χ2v) is 6.60. The van der Waals surface area contributed by atoms with Crippen LogP contribution in [0.3, 0.4) is 0 Å². The van der Waals surface area contributed by atoms with Crippen LogP contribution in [0.15, 0.2) is 0 Å². The number of nitrogens with one attached hydrogen (secondary N) is 2. The van der Waals surface area contributed by atoms with Crippen molar-refractivity contribution in [3.63, 3.8) is 0 Å². The van der Waals surface area contributed by atoms with Gasteiger partial charge in [0.05, 0.1) is 22.5 Å². The highest BCUT2D eigenvalue weighted by Gasteiger charge is 2.20. The monoisotopic (exact) mass is 314 g/mol. The van der Waals surface area contributed by atoms with Gasteiger partial charge < -0.3 is 10.6 Å². The first-order valence-corrected chi connectivity index (χ1v) is 7.86. The van der Waals surface area contributed by atoms with E-state index in [-0.39, 0.29) is 17.5 Å². The van der Waals surface area contributed by atoms with Crippen molar-refractivity contribution in [2.45, 2.75) is 72.6 Å². The number of hydrogen-bond donors (Lipinski definition) is 2. The molecule has 0 fully saturated rings. The number of carbonyl (C=O) groups is 1. The highest BCUT2D eigenvalue weighted by atomic mass is 35.5. The third-order valence-corrected chi connectivity index (χ3v) is 3.60. The maximum absolute atomic E-state index is 12.1. The van der Waals surface area contributed by atoms with E-state index in [0.717, 1.165) is 24.4 Å². The van der Waals surface area contributed by atoms with Crippen molar-refractivity contribution in [1.82, 2.24) is 20.4 Å². The van der Waals surface area contributed by atoms with Crippen molar-refractivity contribution in [3.05, 3.63) is 16.4 Å². The lowest BCUT2D eigenvalue weighted by Crippen LogP contribution is -2.49. The molecule has 1 rings (SSSR count). The molecule has 120 valence electrons. The molecule has 6 heteroatoms. The van der Waals surface area contributed by atoms with E-state index in [0.29, 0.717) is 11.6 Å². The molecule has 1 amide bonds. The number of amides is 1. The largest absolute Gasteiger partial charge is 0.350 e. The van der Waals surface area contributed by atoms with E-state index >= 15 is 0 Å². The summed E-state index contributed by atoms with van der Waals surface area (Å²) in [4.78, 5) is 12.1. The Balaban J connectivity index is 2.71. The molecule has 0 saturated carbocycles. The maximum atomic E-state index is 12.1. The zero-order valence-corrected chi connectivity index (χ0v) is 14.6. The summed E-state index contributed by atoms with van der Waals surface area (Å²) in [5, 5.41) is 11.4. The summed E-state index contributed by atoms with van der Waals surface area (Å²) in [6.45, 7) is 13.1. The summed E-state index contributed by atoms with van der Waals surface area (Å²) in [6, 6.07) is -0.287. The van der Waals surface area contributed by atoms with Gasteiger partial charge in [0.15, 0.2) is 0 Å². The zero-order valence-electron chi connectivity index (χ0n) is 13.9. The van der Waals surface area contributed by atoms with Crippen LogP contribution in [-0.2, 0) is 24.3 Å². The summed E-state index contributed by atoms with van der Waals surface area (Å²) in [7, 11) is 0. The molecule has 0 spiro atoms. The van der Waals surface area contributed by atoms with Crippen LogP contribution in [0.4, 0.5) is 0 Å². The molecule has 1 aromatic rings. The van der Waals surface area contributed by atoms with Crippen LogP contribution in [-0.4, -0.2) is 27.3 Å². The quantitative estimate of drug-likeness (QED) is 0.848. The molecule has 2 N–H and O–H groups in total. The lowest BCUT2D eigenvalue weighted by Gasteiger charge is -2.23. The third-order valence-electron chi connectivity index (χ3n) is 3.16. The second-order valence-electron chi connectivity index (χ2n) is 6.22. The average Bonchev–Trinajstić information content (AvgIpc) is 2.69. The molecular formula is C15H27ClN4O. The minimum atomic E-state index is -0.287. The number of aryl methyl sites for hydroxylation is 2. The predicted octanol–water partition coefficient (Wildman–Crippen LogP) is 2.51. The smallest absolute Gasteiger partial charge is 0.237 e. The Kier molecular flexibility index (Phi) is 6.23. The highest BCUT2D eigenvalue weighted by molar-refractivity contribution is 6.31. The summed E-state index contributed by atoms with van der Waals surface area (Å²) in [5.41, 5.74) is 1.61. The van der Waals surface area contributed by atoms with E-state index in [1.165, 1.54) is 0 Å². The minimum absolute atomic E-state index is 0.0168. The van der Waals surface area contributed by atoms with Gasteiger partial charge in [-0.15, -0.1) is 0 Å². The van der Waals surface area contributed by atoms with E-state index in [4.69, 9.17) is 11.6 Å². The summed E-state index contributed by atoms with van der Waals surface area (Å²) < 4.78 is 1.89. The summed E-state index contributed by atoms with van der Waals surface area (Å²) in [6.07, 6.45) is 0.804. The average molecular weight is 315 g/mol. The Morgan fingerprint density at radius 3 is 2.48 bits per heavy atom. The van der Waals surface area contributed by atoms with Gasteiger partial charge in [0.1, 0.15) is 0 Å². The van der Waals surface area contributed by atoms with E-state index in [1.807, 2.05) is 46.2 Å². The van der Waals surface area contributed by atoms with Gasteiger partial charge in [-0.25, -0.2) is 0 Å². The molecule has 0 radical (unpaired) electrons. The first kappa shape index (κ1) is 18.0. The Morgan fingerprint density at radius 2 is 2.00 bits per heavy atom. The molecule has 1 heterocycles. The molecule has 1 atom stereocenters. The Labute approximate surface area is 132 Å². The van der Waals surface area contributed by atoms with Gasteiger partial charge in [0.25, 0.3) is 0 Å². The number of aromatic nitrogens is 2. The van der Waals surface area contributed by atoms with Gasteiger partial charge in [-0.2, -0.15) is 5.10 Å². The molecular weight excluding hydrogens is 288 g/mol. The summed E-state index contributed by atoms with van der Waals surface area (Å²) in [5.74, 6) is -0.0168. The number of rotatable bonds is 6. The molecule has 5 nitrogen and oxygen atoms in total. The molecule has 0 aliphatic heterocycles. The molecule has 0 saturated heterocycles. The fraction of sp³-hybridized carbons (Fsp3) is 0.733. The Bertz CT molecular complexity index is 491. The first-order valence-electron chi connectivity index (χ1n) is 7.49. The highest BCUT2D eigenvalue weighted by Crippen LogP contribution is 2.21. The number of halogens is 1. The van der Waals surface area contributed by atoms with Crippen LogP contribution in [0, 0.1) is 0 Å². The van der Waals surface area contributed by atoms with Crippen LogP contribution in [0.1, 0.15) is 52.9 Å². The van der Waals surface area contributed by atoms with Crippen LogP contribution in [0.5, 0.6) is 0 Å². The van der Waals surface area contributed by atoms with Crippen LogP contribution < -0.4 is 10.6 Å². The van der Waals surface area contributed by atoms with Gasteiger partial charge in [0, 0.05) is 18.6 Å². The second kappa shape index (κ2) is 7.27. The Morgan fingerprint density at radius 1 is 1.38 bits per heavy atom. The van der Waals surface area contributed by atoms with Crippen molar-refractivity contribution >= 4 is 17.5 Å². The minimum Gasteiger partial charge on any atom is -0.350 e. The third kappa shape index (κ3) is 5.00. The van der Waals surface area contributed by atoms with Gasteiger partial charge in [-0.1, -0.05) is 18.5 Å². The molecule has 1 aromatic heterocycles. The van der Waals surface area contributed by atoms with E-state index in [9.17, 15) is 4.79 Å². The van der Waals surface area contributed by atoms with E-state index < -0.39 is 0 Å². The number of carbonyl (C=O) groups excluding carboxylic acids is 1. The van der Waals surface area contributed by atoms with Crippen molar-refractivity contribution in [2.24, 2.45) is 0 Å². The topological polar surface area (TPSA) is 59.0 Å². The predicted molar refractivity (Wildman–Crippen MR) is 86.5 cm³/mol. The molecule has 0 aliphatic carbocycles. The van der Waals surface area contributed by atoms with Crippen LogP contribution >= 0.6 is 11.6 Å². The summed E-state index contributed by atoms with van der Waals surface area (Å²) >= 11 is 6.35. The standard InChI is InChI=1S/C15H27ClN4O/c1-7-11-13(16)12(20(8-2)19-11)9-17-10(3)14(21)18-15(4,5)6/h10,17H,7-9H2,1-6H3,(H,18,21). The van der Waals surface area contributed by atoms with E-state index in [1.54, 1.807) is 0 Å². The van der Waals surface area contributed by atoms with E-state index in [2.05, 4.69) is 15.7 Å². The lowest BCUT2D eigenvalue weighted by molar-refractivity contribution is -0.124. The molecule has 0 bridgehead atoms. The fourth-order valence-corrected chi connectivity index (χ4v) is 2.34. The first-order chi connectivity index (χ1) is 9.69. The Hall–Kier alpha value is -1.07. The van der Waals surface area contributed by atoms with Gasteiger partial charge in [-0.3, -0.25) is 9.48 Å². The normalized spacial score (nSPS) is 13.3. The molecule has 1 unspecified atom stereocenters. The molecule has 21 heavy (non-hydrogen) atoms. The SMILES string of the molecule is CCc1nn(CC)c(CNC(C)C(=O)NC(C)(C)C)c1Cl. The van der Waals surface area contributed by atoms with Crippen molar-refractivity contribution < 1.29 is 4.79 Å². The van der Waals surface area contributed by atoms with Crippen molar-refractivity contribution in [2.75, 3.05) is 0 Å². The van der Waals surface area contributed by atoms with Gasteiger partial charge >= 0.3 is 0 Å². The molecule has 0 aliphatic rings. The maximum Gasteiger partial charge on any atom is 0.237 e. The lowest BCUT2D eigenvalue weighted by atomic mass is 10.1. The zero-order chi connectivity index (χ0) is 16.2. The number of hydrogen-bond acceptors (Lipinski definition) is 3. The fourth-order valence-electron chi connectivity index (χ4n) is 2.01. The van der Waals surface area contributed by atoms with Crippen LogP contribution in [0.2, 0.25) is 5.02 Å².